The standard InChI is InChI=1S/C22H22N6O/c1-2-4-19(5-3-1)21-25-22(26-29-21)27-13-8-18(9-14-27)20-24-12-15-28(20)16-17-6-10-23-11-7-17/h1-7,10-12,15,18H,8-9,13-14,16H2. The molecule has 0 aliphatic carbocycles. The second-order valence-corrected chi connectivity index (χ2v) is 7.30. The Morgan fingerprint density at radius 1 is 0.966 bits per heavy atom. The molecular weight excluding hydrogens is 364 g/mol. The van der Waals surface area contributed by atoms with Crippen LogP contribution >= 0.6 is 0 Å². The van der Waals surface area contributed by atoms with Gasteiger partial charge in [0.25, 0.3) is 11.8 Å². The molecule has 5 rings (SSSR count). The van der Waals surface area contributed by atoms with Gasteiger partial charge in [-0.05, 0) is 47.8 Å². The lowest BCUT2D eigenvalue weighted by atomic mass is 9.96. The molecule has 0 N–H and O–H groups in total. The summed E-state index contributed by atoms with van der Waals surface area (Å²) in [6, 6.07) is 14.0. The summed E-state index contributed by atoms with van der Waals surface area (Å²) >= 11 is 0. The van der Waals surface area contributed by atoms with Crippen LogP contribution in [0.15, 0.2) is 71.8 Å². The highest BCUT2D eigenvalue weighted by atomic mass is 16.5. The lowest BCUT2D eigenvalue weighted by Gasteiger charge is -2.30. The number of aromatic nitrogens is 5. The quantitative estimate of drug-likeness (QED) is 0.520. The Morgan fingerprint density at radius 3 is 2.55 bits per heavy atom. The van der Waals surface area contributed by atoms with Crippen molar-refractivity contribution in [2.75, 3.05) is 18.0 Å². The van der Waals surface area contributed by atoms with Crippen molar-refractivity contribution in [1.29, 1.82) is 0 Å². The van der Waals surface area contributed by atoms with Gasteiger partial charge < -0.3 is 14.0 Å². The van der Waals surface area contributed by atoms with Crippen LogP contribution in [-0.4, -0.2) is 37.8 Å². The Balaban J connectivity index is 1.25. The number of imidazole rings is 1. The number of hydrogen-bond acceptors (Lipinski definition) is 6. The molecule has 146 valence electrons. The zero-order valence-electron chi connectivity index (χ0n) is 16.1. The normalized spacial score (nSPS) is 15.0. The maximum atomic E-state index is 5.46. The van der Waals surface area contributed by atoms with E-state index in [2.05, 4.69) is 35.8 Å². The molecule has 1 saturated heterocycles. The van der Waals surface area contributed by atoms with Gasteiger partial charge in [0.15, 0.2) is 0 Å². The van der Waals surface area contributed by atoms with Gasteiger partial charge >= 0.3 is 0 Å². The molecule has 7 heteroatoms. The number of piperidine rings is 1. The van der Waals surface area contributed by atoms with Crippen LogP contribution in [0.3, 0.4) is 0 Å². The second-order valence-electron chi connectivity index (χ2n) is 7.30. The van der Waals surface area contributed by atoms with Gasteiger partial charge in [0.2, 0.25) is 0 Å². The lowest BCUT2D eigenvalue weighted by molar-refractivity contribution is 0.420. The number of pyridine rings is 1. The van der Waals surface area contributed by atoms with Gasteiger partial charge in [-0.2, -0.15) is 4.98 Å². The van der Waals surface area contributed by atoms with E-state index < -0.39 is 0 Å². The number of hydrogen-bond donors (Lipinski definition) is 0. The molecule has 0 bridgehead atoms. The first-order chi connectivity index (χ1) is 14.4. The smallest absolute Gasteiger partial charge is 0.266 e. The van der Waals surface area contributed by atoms with E-state index in [1.165, 1.54) is 5.56 Å². The fraction of sp³-hybridized carbons (Fsp3) is 0.273. The Hall–Kier alpha value is -3.48. The minimum atomic E-state index is 0.434. The Morgan fingerprint density at radius 2 is 1.76 bits per heavy atom. The van der Waals surface area contributed by atoms with Gasteiger partial charge in [-0.1, -0.05) is 18.2 Å². The van der Waals surface area contributed by atoms with E-state index in [4.69, 9.17) is 4.52 Å². The molecule has 0 amide bonds. The average Bonchev–Trinajstić information content (AvgIpc) is 3.45. The maximum absolute atomic E-state index is 5.46. The minimum absolute atomic E-state index is 0.434. The number of nitrogens with zero attached hydrogens (tertiary/aromatic N) is 6. The van der Waals surface area contributed by atoms with E-state index in [1.807, 2.05) is 61.1 Å². The Kier molecular flexibility index (Phi) is 4.78. The van der Waals surface area contributed by atoms with Gasteiger partial charge in [-0.15, -0.1) is 0 Å². The van der Waals surface area contributed by atoms with Crippen LogP contribution in [0, 0.1) is 0 Å². The van der Waals surface area contributed by atoms with Crippen LogP contribution in [-0.2, 0) is 6.54 Å². The summed E-state index contributed by atoms with van der Waals surface area (Å²) in [5, 5.41) is 4.19. The predicted octanol–water partition coefficient (Wildman–Crippen LogP) is 3.76. The van der Waals surface area contributed by atoms with Crippen LogP contribution in [0.4, 0.5) is 5.95 Å². The van der Waals surface area contributed by atoms with Crippen LogP contribution in [0.5, 0.6) is 0 Å². The highest BCUT2D eigenvalue weighted by Crippen LogP contribution is 2.30. The van der Waals surface area contributed by atoms with Crippen molar-refractivity contribution in [2.24, 2.45) is 0 Å². The van der Waals surface area contributed by atoms with E-state index >= 15 is 0 Å². The first-order valence-electron chi connectivity index (χ1n) is 9.91. The number of rotatable bonds is 5. The van der Waals surface area contributed by atoms with Crippen LogP contribution < -0.4 is 4.90 Å². The van der Waals surface area contributed by atoms with E-state index in [1.54, 1.807) is 0 Å². The summed E-state index contributed by atoms with van der Waals surface area (Å²) in [6.45, 7) is 2.60. The van der Waals surface area contributed by atoms with Gasteiger partial charge in [-0.25, -0.2) is 4.98 Å². The zero-order chi connectivity index (χ0) is 19.5. The van der Waals surface area contributed by atoms with E-state index in [0.717, 1.165) is 43.9 Å². The zero-order valence-corrected chi connectivity index (χ0v) is 16.1. The molecule has 4 heterocycles. The SMILES string of the molecule is c1ccc(-c2nc(N3CCC(c4nccn4Cc4ccncc4)CC3)no2)cc1. The maximum Gasteiger partial charge on any atom is 0.266 e. The molecule has 0 atom stereocenters. The predicted molar refractivity (Wildman–Crippen MR) is 109 cm³/mol. The molecule has 0 saturated carbocycles. The minimum Gasteiger partial charge on any atom is -0.338 e. The second kappa shape index (κ2) is 7.87. The molecule has 1 aromatic carbocycles. The van der Waals surface area contributed by atoms with Crippen molar-refractivity contribution in [2.45, 2.75) is 25.3 Å². The van der Waals surface area contributed by atoms with Crippen molar-refractivity contribution in [3.8, 4) is 11.5 Å². The summed E-state index contributed by atoms with van der Waals surface area (Å²) < 4.78 is 7.71. The Bertz CT molecular complexity index is 1050. The third-order valence-electron chi connectivity index (χ3n) is 5.43. The van der Waals surface area contributed by atoms with Gasteiger partial charge in [0.1, 0.15) is 5.82 Å². The summed E-state index contributed by atoms with van der Waals surface area (Å²) in [5.41, 5.74) is 2.18. The van der Waals surface area contributed by atoms with Crippen LogP contribution in [0.1, 0.15) is 30.1 Å². The van der Waals surface area contributed by atoms with Gasteiger partial charge in [0, 0.05) is 55.9 Å². The average molecular weight is 386 g/mol. The summed E-state index contributed by atoms with van der Waals surface area (Å²) in [7, 11) is 0. The molecule has 0 unspecified atom stereocenters. The van der Waals surface area contributed by atoms with Gasteiger partial charge in [-0.3, -0.25) is 4.98 Å². The van der Waals surface area contributed by atoms with Crippen molar-refractivity contribution >= 4 is 5.95 Å². The van der Waals surface area contributed by atoms with Crippen molar-refractivity contribution in [1.82, 2.24) is 24.7 Å². The molecule has 29 heavy (non-hydrogen) atoms. The van der Waals surface area contributed by atoms with E-state index in [-0.39, 0.29) is 0 Å². The molecule has 7 nitrogen and oxygen atoms in total. The van der Waals surface area contributed by atoms with Crippen LogP contribution in [0.2, 0.25) is 0 Å². The Labute approximate surface area is 169 Å². The number of anilines is 1. The monoisotopic (exact) mass is 386 g/mol. The molecule has 0 radical (unpaired) electrons. The van der Waals surface area contributed by atoms with Crippen LogP contribution in [0.25, 0.3) is 11.5 Å². The molecule has 1 fully saturated rings. The van der Waals surface area contributed by atoms with Crippen molar-refractivity contribution in [3.63, 3.8) is 0 Å². The van der Waals surface area contributed by atoms with Gasteiger partial charge in [0.05, 0.1) is 0 Å². The third kappa shape index (κ3) is 3.76. The number of benzene rings is 1. The van der Waals surface area contributed by atoms with Crippen molar-refractivity contribution in [3.05, 3.63) is 78.6 Å². The summed E-state index contributed by atoms with van der Waals surface area (Å²) in [6.07, 6.45) is 9.66. The van der Waals surface area contributed by atoms with Crippen molar-refractivity contribution < 1.29 is 4.52 Å². The molecule has 0 spiro atoms. The first-order valence-corrected chi connectivity index (χ1v) is 9.91. The molecule has 1 aliphatic heterocycles. The van der Waals surface area contributed by atoms with E-state index in [9.17, 15) is 0 Å². The summed E-state index contributed by atoms with van der Waals surface area (Å²) in [5.74, 6) is 2.82. The third-order valence-corrected chi connectivity index (χ3v) is 5.43. The first kappa shape index (κ1) is 17.6. The topological polar surface area (TPSA) is 72.9 Å². The molecule has 1 aliphatic rings. The van der Waals surface area contributed by atoms with E-state index in [0.29, 0.717) is 17.8 Å². The highest BCUT2D eigenvalue weighted by molar-refractivity contribution is 5.54. The largest absolute Gasteiger partial charge is 0.338 e. The fourth-order valence-electron chi connectivity index (χ4n) is 3.88. The fourth-order valence-corrected chi connectivity index (χ4v) is 3.88. The molecular formula is C22H22N6O. The molecule has 4 aromatic rings. The molecule has 3 aromatic heterocycles. The highest BCUT2D eigenvalue weighted by Gasteiger charge is 2.26. The lowest BCUT2D eigenvalue weighted by Crippen LogP contribution is -2.34. The summed E-state index contributed by atoms with van der Waals surface area (Å²) in [4.78, 5) is 15.5.